The van der Waals surface area contributed by atoms with E-state index in [1.165, 1.54) is 43.3 Å². The number of hydrogen-bond donors (Lipinski definition) is 1. The minimum Gasteiger partial charge on any atom is -0.462 e. The number of benzene rings is 2. The number of ketones is 1. The third-order valence-electron chi connectivity index (χ3n) is 5.46. The molecular weight excluding hydrogens is 530 g/mol. The SMILES string of the molecule is CCOC(=O)c1c(C)noc1C(=O)c1ccc(F)cc1.CCOC(=O)c1c(C)noc1C(O)c1ccc(F)cc1. The van der Waals surface area contributed by atoms with Crippen LogP contribution < -0.4 is 0 Å². The second-order valence-corrected chi connectivity index (χ2v) is 8.21. The Bertz CT molecular complexity index is 1480. The van der Waals surface area contributed by atoms with Crippen LogP contribution in [0.5, 0.6) is 0 Å². The van der Waals surface area contributed by atoms with E-state index in [0.29, 0.717) is 11.3 Å². The average molecular weight is 557 g/mol. The van der Waals surface area contributed by atoms with E-state index in [1.807, 2.05) is 0 Å². The molecule has 0 spiro atoms. The number of aromatic nitrogens is 2. The second-order valence-electron chi connectivity index (χ2n) is 8.21. The fraction of sp³-hybridized carbons (Fsp3) is 0.250. The van der Waals surface area contributed by atoms with E-state index in [-0.39, 0.29) is 47.1 Å². The normalized spacial score (nSPS) is 11.3. The van der Waals surface area contributed by atoms with Gasteiger partial charge in [0.05, 0.1) is 24.6 Å². The molecular formula is C28H26F2N2O8. The van der Waals surface area contributed by atoms with Gasteiger partial charge in [-0.25, -0.2) is 18.4 Å². The van der Waals surface area contributed by atoms with E-state index < -0.39 is 35.5 Å². The van der Waals surface area contributed by atoms with E-state index in [4.69, 9.17) is 18.5 Å². The Hall–Kier alpha value is -4.71. The molecule has 40 heavy (non-hydrogen) atoms. The molecule has 0 bridgehead atoms. The van der Waals surface area contributed by atoms with Gasteiger partial charge in [-0.05, 0) is 69.7 Å². The molecule has 0 amide bonds. The highest BCUT2D eigenvalue weighted by atomic mass is 19.1. The third-order valence-corrected chi connectivity index (χ3v) is 5.46. The molecule has 4 aromatic rings. The van der Waals surface area contributed by atoms with Crippen LogP contribution in [0.2, 0.25) is 0 Å². The number of aryl methyl sites for hydroxylation is 2. The van der Waals surface area contributed by atoms with Crippen molar-refractivity contribution in [2.24, 2.45) is 0 Å². The molecule has 0 aliphatic rings. The summed E-state index contributed by atoms with van der Waals surface area (Å²) in [6.45, 7) is 6.83. The number of rotatable bonds is 8. The number of aliphatic hydroxyl groups is 1. The Kier molecular flexibility index (Phi) is 9.98. The van der Waals surface area contributed by atoms with Crippen molar-refractivity contribution in [3.05, 3.63) is 105 Å². The van der Waals surface area contributed by atoms with Crippen LogP contribution in [-0.2, 0) is 9.47 Å². The Morgan fingerprint density at radius 3 is 1.82 bits per heavy atom. The van der Waals surface area contributed by atoms with Crippen molar-refractivity contribution in [3.8, 4) is 0 Å². The molecule has 0 fully saturated rings. The molecule has 210 valence electrons. The first-order valence-corrected chi connectivity index (χ1v) is 12.1. The van der Waals surface area contributed by atoms with Crippen molar-refractivity contribution in [1.82, 2.24) is 10.3 Å². The van der Waals surface area contributed by atoms with Gasteiger partial charge in [-0.15, -0.1) is 0 Å². The highest BCUT2D eigenvalue weighted by molar-refractivity contribution is 6.12. The molecule has 0 saturated heterocycles. The monoisotopic (exact) mass is 556 g/mol. The van der Waals surface area contributed by atoms with Crippen LogP contribution >= 0.6 is 0 Å². The van der Waals surface area contributed by atoms with Crippen LogP contribution in [0.1, 0.15) is 79.5 Å². The van der Waals surface area contributed by atoms with Crippen molar-refractivity contribution in [2.75, 3.05) is 13.2 Å². The second kappa shape index (κ2) is 13.4. The summed E-state index contributed by atoms with van der Waals surface area (Å²) >= 11 is 0. The Morgan fingerprint density at radius 1 is 0.800 bits per heavy atom. The lowest BCUT2D eigenvalue weighted by Crippen LogP contribution is -2.11. The van der Waals surface area contributed by atoms with Gasteiger partial charge in [0.2, 0.25) is 11.5 Å². The molecule has 4 rings (SSSR count). The van der Waals surface area contributed by atoms with Gasteiger partial charge in [0.1, 0.15) is 28.9 Å². The van der Waals surface area contributed by atoms with Crippen molar-refractivity contribution in [3.63, 3.8) is 0 Å². The predicted octanol–water partition coefficient (Wildman–Crippen LogP) is 4.91. The lowest BCUT2D eigenvalue weighted by molar-refractivity contribution is 0.0509. The van der Waals surface area contributed by atoms with Gasteiger partial charge in [-0.3, -0.25) is 4.79 Å². The Balaban J connectivity index is 0.000000220. The maximum absolute atomic E-state index is 12.9. The van der Waals surface area contributed by atoms with Gasteiger partial charge in [0, 0.05) is 5.56 Å². The summed E-state index contributed by atoms with van der Waals surface area (Å²) in [6, 6.07) is 10.2. The number of hydrogen-bond acceptors (Lipinski definition) is 10. The van der Waals surface area contributed by atoms with Crippen LogP contribution in [0.25, 0.3) is 0 Å². The zero-order chi connectivity index (χ0) is 29.4. The first-order chi connectivity index (χ1) is 19.1. The van der Waals surface area contributed by atoms with Gasteiger partial charge in [0.25, 0.3) is 0 Å². The Labute approximate surface area is 227 Å². The van der Waals surface area contributed by atoms with E-state index in [9.17, 15) is 28.3 Å². The molecule has 1 unspecified atom stereocenters. The summed E-state index contributed by atoms with van der Waals surface area (Å²) in [5.41, 5.74) is 1.31. The minimum atomic E-state index is -1.21. The lowest BCUT2D eigenvalue weighted by Gasteiger charge is -2.09. The summed E-state index contributed by atoms with van der Waals surface area (Å²) in [5, 5.41) is 17.5. The summed E-state index contributed by atoms with van der Waals surface area (Å²) in [4.78, 5) is 35.9. The molecule has 12 heteroatoms. The van der Waals surface area contributed by atoms with Crippen LogP contribution in [-0.4, -0.2) is 46.4 Å². The quantitative estimate of drug-likeness (QED) is 0.235. The molecule has 10 nitrogen and oxygen atoms in total. The van der Waals surface area contributed by atoms with Crippen molar-refractivity contribution in [1.29, 1.82) is 0 Å². The summed E-state index contributed by atoms with van der Waals surface area (Å²) in [6.07, 6.45) is -1.21. The number of nitrogens with zero attached hydrogens (tertiary/aromatic N) is 2. The molecule has 0 saturated carbocycles. The van der Waals surface area contributed by atoms with E-state index in [2.05, 4.69) is 10.3 Å². The average Bonchev–Trinajstić information content (AvgIpc) is 3.52. The van der Waals surface area contributed by atoms with Crippen LogP contribution in [0.3, 0.4) is 0 Å². The van der Waals surface area contributed by atoms with Crippen molar-refractivity contribution >= 4 is 17.7 Å². The fourth-order valence-electron chi connectivity index (χ4n) is 3.52. The first-order valence-electron chi connectivity index (χ1n) is 12.1. The maximum Gasteiger partial charge on any atom is 0.344 e. The summed E-state index contributed by atoms with van der Waals surface area (Å²) in [5.74, 6) is -2.91. The Morgan fingerprint density at radius 2 is 1.27 bits per heavy atom. The van der Waals surface area contributed by atoms with Crippen LogP contribution in [0.15, 0.2) is 57.6 Å². The van der Waals surface area contributed by atoms with E-state index >= 15 is 0 Å². The molecule has 0 aliphatic heterocycles. The zero-order valence-corrected chi connectivity index (χ0v) is 22.1. The van der Waals surface area contributed by atoms with Gasteiger partial charge in [-0.2, -0.15) is 0 Å². The number of aliphatic hydroxyl groups excluding tert-OH is 1. The number of carbonyl (C=O) groups is 3. The smallest absolute Gasteiger partial charge is 0.344 e. The molecule has 1 N–H and O–H groups in total. The fourth-order valence-corrected chi connectivity index (χ4v) is 3.52. The topological polar surface area (TPSA) is 142 Å². The number of carbonyl (C=O) groups excluding carboxylic acids is 3. The van der Waals surface area contributed by atoms with Gasteiger partial charge < -0.3 is 23.6 Å². The maximum atomic E-state index is 12.9. The van der Waals surface area contributed by atoms with Crippen molar-refractivity contribution in [2.45, 2.75) is 33.8 Å². The largest absolute Gasteiger partial charge is 0.462 e. The summed E-state index contributed by atoms with van der Waals surface area (Å²) in [7, 11) is 0. The highest BCUT2D eigenvalue weighted by Crippen LogP contribution is 2.27. The number of esters is 2. The molecule has 2 aromatic heterocycles. The zero-order valence-electron chi connectivity index (χ0n) is 22.1. The summed E-state index contributed by atoms with van der Waals surface area (Å²) < 4.78 is 45.4. The van der Waals surface area contributed by atoms with Crippen LogP contribution in [0, 0.1) is 25.5 Å². The van der Waals surface area contributed by atoms with Gasteiger partial charge >= 0.3 is 11.9 Å². The molecule has 2 aromatic carbocycles. The lowest BCUT2D eigenvalue weighted by atomic mass is 10.0. The van der Waals surface area contributed by atoms with E-state index in [0.717, 1.165) is 12.1 Å². The number of halogens is 2. The van der Waals surface area contributed by atoms with E-state index in [1.54, 1.807) is 20.8 Å². The molecule has 0 radical (unpaired) electrons. The minimum absolute atomic E-state index is 0.00109. The van der Waals surface area contributed by atoms with Crippen LogP contribution in [0.4, 0.5) is 8.78 Å². The third kappa shape index (κ3) is 6.83. The van der Waals surface area contributed by atoms with Gasteiger partial charge in [-0.1, -0.05) is 22.4 Å². The molecule has 1 atom stereocenters. The van der Waals surface area contributed by atoms with Gasteiger partial charge in [0.15, 0.2) is 5.76 Å². The number of ether oxygens (including phenoxy) is 2. The van der Waals surface area contributed by atoms with Crippen molar-refractivity contribution < 1.29 is 46.8 Å². The molecule has 0 aliphatic carbocycles. The molecule has 2 heterocycles. The standard InChI is InChI=1S/C14H14FNO4.C14H12FNO4/c2*1-3-19-14(18)11-8(2)16-20-13(11)12(17)9-4-6-10(15)7-5-9/h4-7,12,17H,3H2,1-2H3;4-7H,3H2,1-2H3. The first kappa shape index (κ1) is 29.8. The highest BCUT2D eigenvalue weighted by Gasteiger charge is 2.29. The predicted molar refractivity (Wildman–Crippen MR) is 135 cm³/mol.